The van der Waals surface area contributed by atoms with Crippen molar-refractivity contribution in [2.75, 3.05) is 40.0 Å². The molecule has 1 aromatic carbocycles. The summed E-state index contributed by atoms with van der Waals surface area (Å²) in [7, 11) is 1.65. The lowest BCUT2D eigenvalue weighted by molar-refractivity contribution is -0.149. The lowest BCUT2D eigenvalue weighted by Gasteiger charge is -2.30. The van der Waals surface area contributed by atoms with Crippen molar-refractivity contribution in [1.29, 1.82) is 0 Å². The lowest BCUT2D eigenvalue weighted by atomic mass is 9.97. The van der Waals surface area contributed by atoms with Gasteiger partial charge in [0, 0.05) is 12.6 Å². The van der Waals surface area contributed by atoms with Gasteiger partial charge in [-0.05, 0) is 51.4 Å². The van der Waals surface area contributed by atoms with Gasteiger partial charge in [0.2, 0.25) is 0 Å². The zero-order valence-electron chi connectivity index (χ0n) is 14.5. The van der Waals surface area contributed by atoms with E-state index in [1.165, 1.54) is 0 Å². The highest BCUT2D eigenvalue weighted by Crippen LogP contribution is 2.20. The Morgan fingerprint density at radius 2 is 1.96 bits per heavy atom. The van der Waals surface area contributed by atoms with Gasteiger partial charge < -0.3 is 19.1 Å². The monoisotopic (exact) mass is 357 g/mol. The van der Waals surface area contributed by atoms with Crippen molar-refractivity contribution in [2.45, 2.75) is 26.2 Å². The number of piperidine rings is 1. The Labute approximate surface area is 150 Å². The molecule has 1 aromatic rings. The maximum absolute atomic E-state index is 11.7. The summed E-state index contributed by atoms with van der Waals surface area (Å²) in [6, 6.07) is 7.66. The quantitative estimate of drug-likeness (QED) is 0.528. The number of ether oxygens (including phenoxy) is 3. The summed E-state index contributed by atoms with van der Waals surface area (Å²) in [6.07, 6.45) is 2.77. The topological polar surface area (TPSA) is 48.0 Å². The smallest absolute Gasteiger partial charge is 0.309 e. The summed E-state index contributed by atoms with van der Waals surface area (Å²) in [5.74, 6) is 1.70. The molecule has 1 heterocycles. The highest BCUT2D eigenvalue weighted by molar-refractivity contribution is 5.85. The summed E-state index contributed by atoms with van der Waals surface area (Å²) < 4.78 is 16.0. The third-order valence-electron chi connectivity index (χ3n) is 4.14. The Morgan fingerprint density at radius 3 is 2.62 bits per heavy atom. The first-order valence-corrected chi connectivity index (χ1v) is 8.38. The molecule has 0 radical (unpaired) electrons. The minimum Gasteiger partial charge on any atom is -0.497 e. The Hall–Kier alpha value is -1.46. The van der Waals surface area contributed by atoms with E-state index in [2.05, 4.69) is 4.90 Å². The first-order valence-electron chi connectivity index (χ1n) is 8.38. The number of rotatable bonds is 8. The minimum absolute atomic E-state index is 0. The van der Waals surface area contributed by atoms with Crippen molar-refractivity contribution in [3.63, 3.8) is 0 Å². The van der Waals surface area contributed by atoms with Crippen LogP contribution in [0.5, 0.6) is 11.5 Å². The summed E-state index contributed by atoms with van der Waals surface area (Å²) in [5.41, 5.74) is 0. The fourth-order valence-corrected chi connectivity index (χ4v) is 2.82. The fourth-order valence-electron chi connectivity index (χ4n) is 2.82. The number of benzene rings is 1. The predicted octanol–water partition coefficient (Wildman–Crippen LogP) is 3.16. The molecule has 0 atom stereocenters. The summed E-state index contributed by atoms with van der Waals surface area (Å²) in [4.78, 5) is 14.1. The van der Waals surface area contributed by atoms with Gasteiger partial charge in [-0.1, -0.05) is 6.07 Å². The third kappa shape index (κ3) is 6.57. The molecule has 1 aliphatic heterocycles. The molecule has 1 aliphatic rings. The highest BCUT2D eigenvalue weighted by Gasteiger charge is 2.25. The predicted molar refractivity (Wildman–Crippen MR) is 96.2 cm³/mol. The summed E-state index contributed by atoms with van der Waals surface area (Å²) >= 11 is 0. The molecule has 6 heteroatoms. The maximum atomic E-state index is 11.7. The number of halogens is 1. The van der Waals surface area contributed by atoms with E-state index in [-0.39, 0.29) is 24.3 Å². The Balaban J connectivity index is 0.00000288. The van der Waals surface area contributed by atoms with Crippen LogP contribution in [0.4, 0.5) is 0 Å². The summed E-state index contributed by atoms with van der Waals surface area (Å²) in [6.45, 7) is 5.94. The highest BCUT2D eigenvalue weighted by atomic mass is 35.5. The molecule has 0 saturated carbocycles. The number of carbonyl (C=O) groups excluding carboxylic acids is 1. The van der Waals surface area contributed by atoms with Gasteiger partial charge in [0.25, 0.3) is 0 Å². The molecule has 1 fully saturated rings. The minimum atomic E-state index is -0.0338. The molecule has 5 nitrogen and oxygen atoms in total. The molecule has 0 unspecified atom stereocenters. The molecular weight excluding hydrogens is 330 g/mol. The van der Waals surface area contributed by atoms with Crippen molar-refractivity contribution in [1.82, 2.24) is 4.90 Å². The first kappa shape index (κ1) is 20.6. The summed E-state index contributed by atoms with van der Waals surface area (Å²) in [5, 5.41) is 0. The van der Waals surface area contributed by atoms with Crippen molar-refractivity contribution >= 4 is 18.4 Å². The van der Waals surface area contributed by atoms with Crippen molar-refractivity contribution in [3.05, 3.63) is 24.3 Å². The number of hydrogen-bond donors (Lipinski definition) is 0. The van der Waals surface area contributed by atoms with Gasteiger partial charge in [0.15, 0.2) is 0 Å². The molecule has 2 rings (SSSR count). The largest absolute Gasteiger partial charge is 0.497 e. The zero-order chi connectivity index (χ0) is 16.5. The van der Waals surface area contributed by atoms with Crippen LogP contribution in [-0.4, -0.2) is 50.8 Å². The van der Waals surface area contributed by atoms with Crippen LogP contribution in [0.2, 0.25) is 0 Å². The third-order valence-corrected chi connectivity index (χ3v) is 4.14. The molecule has 136 valence electrons. The standard InChI is InChI=1S/C18H27NO4.ClH/c1-3-22-18(20)15-8-11-19(12-9-15)10-5-13-23-17-7-4-6-16(14-17)21-2;/h4,6-7,14-15H,3,5,8-13H2,1-2H3;1H. The zero-order valence-corrected chi connectivity index (χ0v) is 15.3. The number of likely N-dealkylation sites (tertiary alicyclic amines) is 1. The van der Waals surface area contributed by atoms with Crippen LogP contribution in [0.25, 0.3) is 0 Å². The molecule has 0 aliphatic carbocycles. The van der Waals surface area contributed by atoms with Crippen LogP contribution >= 0.6 is 12.4 Å². The second-order valence-electron chi connectivity index (χ2n) is 5.75. The van der Waals surface area contributed by atoms with E-state index < -0.39 is 0 Å². The number of carbonyl (C=O) groups is 1. The number of hydrogen-bond acceptors (Lipinski definition) is 5. The molecular formula is C18H28ClNO4. The number of methoxy groups -OCH3 is 1. The Bertz CT molecular complexity index is 490. The van der Waals surface area contributed by atoms with Crippen LogP contribution in [-0.2, 0) is 9.53 Å². The van der Waals surface area contributed by atoms with E-state index in [0.717, 1.165) is 50.4 Å². The van der Waals surface area contributed by atoms with Gasteiger partial charge in [-0.3, -0.25) is 4.79 Å². The van der Waals surface area contributed by atoms with Crippen molar-refractivity contribution in [2.24, 2.45) is 5.92 Å². The van der Waals surface area contributed by atoms with Crippen LogP contribution in [0.1, 0.15) is 26.2 Å². The van der Waals surface area contributed by atoms with E-state index in [9.17, 15) is 4.79 Å². The van der Waals surface area contributed by atoms with Crippen LogP contribution in [0.3, 0.4) is 0 Å². The van der Waals surface area contributed by atoms with Gasteiger partial charge in [0.05, 0.1) is 26.2 Å². The van der Waals surface area contributed by atoms with Gasteiger partial charge in [-0.25, -0.2) is 0 Å². The van der Waals surface area contributed by atoms with Gasteiger partial charge in [0.1, 0.15) is 11.5 Å². The first-order chi connectivity index (χ1) is 11.2. The molecule has 0 aromatic heterocycles. The molecule has 24 heavy (non-hydrogen) atoms. The molecule has 1 saturated heterocycles. The van der Waals surface area contributed by atoms with Crippen LogP contribution in [0, 0.1) is 5.92 Å². The number of nitrogens with zero attached hydrogens (tertiary/aromatic N) is 1. The maximum Gasteiger partial charge on any atom is 0.309 e. The van der Waals surface area contributed by atoms with E-state index in [1.807, 2.05) is 31.2 Å². The average molecular weight is 358 g/mol. The molecule has 0 amide bonds. The number of esters is 1. The average Bonchev–Trinajstić information content (AvgIpc) is 2.59. The molecule has 0 N–H and O–H groups in total. The second-order valence-corrected chi connectivity index (χ2v) is 5.75. The van der Waals surface area contributed by atoms with Gasteiger partial charge in [-0.15, -0.1) is 12.4 Å². The van der Waals surface area contributed by atoms with Crippen LogP contribution in [0.15, 0.2) is 24.3 Å². The van der Waals surface area contributed by atoms with Crippen LogP contribution < -0.4 is 9.47 Å². The lowest BCUT2D eigenvalue weighted by Crippen LogP contribution is -2.37. The van der Waals surface area contributed by atoms with Gasteiger partial charge in [-0.2, -0.15) is 0 Å². The van der Waals surface area contributed by atoms with Crippen molar-refractivity contribution in [3.8, 4) is 11.5 Å². The van der Waals surface area contributed by atoms with E-state index >= 15 is 0 Å². The van der Waals surface area contributed by atoms with E-state index in [4.69, 9.17) is 14.2 Å². The molecule has 0 spiro atoms. The Kier molecular flexibility index (Phi) is 9.57. The van der Waals surface area contributed by atoms with E-state index in [1.54, 1.807) is 7.11 Å². The SMILES string of the molecule is CCOC(=O)C1CCN(CCCOc2cccc(OC)c2)CC1.Cl. The fraction of sp³-hybridized carbons (Fsp3) is 0.611. The molecule has 0 bridgehead atoms. The van der Waals surface area contributed by atoms with E-state index in [0.29, 0.717) is 13.2 Å². The van der Waals surface area contributed by atoms with Crippen molar-refractivity contribution < 1.29 is 19.0 Å². The Morgan fingerprint density at radius 1 is 1.25 bits per heavy atom. The normalized spacial score (nSPS) is 15.4. The van der Waals surface area contributed by atoms with Gasteiger partial charge >= 0.3 is 5.97 Å². The second kappa shape index (κ2) is 11.2.